The van der Waals surface area contributed by atoms with E-state index in [0.29, 0.717) is 5.56 Å². The fraction of sp³-hybridized carbons (Fsp3) is 0.467. The summed E-state index contributed by atoms with van der Waals surface area (Å²) in [5.41, 5.74) is 0.797. The number of nitrogens with one attached hydrogen (secondary N) is 2. The van der Waals surface area contributed by atoms with Gasteiger partial charge in [0.15, 0.2) is 6.10 Å². The van der Waals surface area contributed by atoms with Crippen LogP contribution in [0.4, 0.5) is 5.69 Å². The molecule has 14 heteroatoms. The van der Waals surface area contributed by atoms with Gasteiger partial charge in [0, 0.05) is 44.9 Å². The van der Waals surface area contributed by atoms with Gasteiger partial charge >= 0.3 is 11.9 Å². The highest BCUT2D eigenvalue weighted by atomic mass is 16.7. The molecule has 3 unspecified atom stereocenters. The Bertz CT molecular complexity index is 1210. The number of carbonyl (C=O) groups excluding carboxylic acids is 5. The Labute approximate surface area is 256 Å². The summed E-state index contributed by atoms with van der Waals surface area (Å²) in [6, 6.07) is 4.71. The van der Waals surface area contributed by atoms with E-state index in [9.17, 15) is 39.0 Å². The lowest BCUT2D eigenvalue weighted by atomic mass is 10.1. The second-order valence-corrected chi connectivity index (χ2v) is 8.84. The Kier molecular flexibility index (Phi) is 16.7. The van der Waals surface area contributed by atoms with E-state index in [0.717, 1.165) is 17.1 Å². The van der Waals surface area contributed by atoms with E-state index in [-0.39, 0.29) is 43.9 Å². The molecule has 14 nitrogen and oxygen atoms in total. The first-order valence-corrected chi connectivity index (χ1v) is 14.3. The maximum Gasteiger partial charge on any atom is 0.333 e. The number of aliphatic carboxylic acids is 1. The molecule has 1 aromatic rings. The lowest BCUT2D eigenvalue weighted by Crippen LogP contribution is -2.42. The Morgan fingerprint density at radius 2 is 1.70 bits per heavy atom. The van der Waals surface area contributed by atoms with E-state index in [1.807, 2.05) is 27.7 Å². The number of anilines is 1. The third-order valence-corrected chi connectivity index (χ3v) is 5.65. The lowest BCUT2D eigenvalue weighted by Gasteiger charge is -2.31. The number of imide groups is 1. The van der Waals surface area contributed by atoms with Crippen molar-refractivity contribution in [1.29, 1.82) is 0 Å². The molecule has 1 fully saturated rings. The lowest BCUT2D eigenvalue weighted by molar-refractivity contribution is -0.195. The second-order valence-electron chi connectivity index (χ2n) is 8.84. The van der Waals surface area contributed by atoms with Crippen LogP contribution in [0, 0.1) is 0 Å². The third-order valence-electron chi connectivity index (χ3n) is 5.65. The molecule has 2 aliphatic rings. The van der Waals surface area contributed by atoms with Crippen LogP contribution in [0.5, 0.6) is 5.75 Å². The van der Waals surface area contributed by atoms with Gasteiger partial charge in [-0.2, -0.15) is 0 Å². The molecule has 4 amide bonds. The minimum absolute atomic E-state index is 0.00474. The van der Waals surface area contributed by atoms with E-state index < -0.39 is 60.6 Å². The predicted octanol–water partition coefficient (Wildman–Crippen LogP) is 2.01. The number of benzene rings is 1. The normalized spacial score (nSPS) is 18.9. The van der Waals surface area contributed by atoms with Crippen molar-refractivity contribution in [2.45, 2.75) is 72.4 Å². The molecule has 0 aliphatic carbocycles. The van der Waals surface area contributed by atoms with Crippen molar-refractivity contribution in [3.63, 3.8) is 0 Å². The number of hydrogen-bond donors (Lipinski definition) is 4. The molecule has 0 spiro atoms. The molecule has 3 atom stereocenters. The quantitative estimate of drug-likeness (QED) is 0.197. The SMILES string of the molecule is CC.CC.CC(=O)OC/C=C/c1ccc(OC2CC(O)CC(C(=O)O)O2)c(NC(=O)CCNC(=O)CN2C(=O)C=CC2=O)c1. The zero-order chi connectivity index (χ0) is 33.2. The summed E-state index contributed by atoms with van der Waals surface area (Å²) in [7, 11) is 0. The van der Waals surface area contributed by atoms with E-state index in [2.05, 4.69) is 10.6 Å². The molecule has 44 heavy (non-hydrogen) atoms. The van der Waals surface area contributed by atoms with Crippen molar-refractivity contribution in [1.82, 2.24) is 10.2 Å². The van der Waals surface area contributed by atoms with Crippen LogP contribution in [0.2, 0.25) is 0 Å². The molecule has 2 aliphatic heterocycles. The molecule has 1 saturated heterocycles. The highest BCUT2D eigenvalue weighted by Gasteiger charge is 2.34. The summed E-state index contributed by atoms with van der Waals surface area (Å²) < 4.78 is 16.1. The van der Waals surface area contributed by atoms with E-state index in [1.54, 1.807) is 24.3 Å². The number of carboxylic acid groups (broad SMARTS) is 1. The van der Waals surface area contributed by atoms with Gasteiger partial charge in [-0.15, -0.1) is 0 Å². The van der Waals surface area contributed by atoms with Gasteiger partial charge in [0.1, 0.15) is 18.9 Å². The molecule has 242 valence electrons. The van der Waals surface area contributed by atoms with Gasteiger partial charge in [0.2, 0.25) is 18.1 Å². The number of aliphatic hydroxyl groups is 1. The Hall–Kier alpha value is -4.56. The monoisotopic (exact) mass is 619 g/mol. The number of rotatable bonds is 12. The summed E-state index contributed by atoms with van der Waals surface area (Å²) in [6.07, 6.45) is 1.76. The van der Waals surface area contributed by atoms with Crippen LogP contribution in [0.15, 0.2) is 36.4 Å². The summed E-state index contributed by atoms with van der Waals surface area (Å²) in [4.78, 5) is 70.9. The van der Waals surface area contributed by atoms with Gasteiger partial charge in [-0.25, -0.2) is 4.79 Å². The van der Waals surface area contributed by atoms with Gasteiger partial charge < -0.3 is 35.1 Å². The van der Waals surface area contributed by atoms with Crippen LogP contribution < -0.4 is 15.4 Å². The summed E-state index contributed by atoms with van der Waals surface area (Å²) >= 11 is 0. The maximum absolute atomic E-state index is 12.7. The van der Waals surface area contributed by atoms with Crippen LogP contribution in [-0.2, 0) is 38.2 Å². The van der Waals surface area contributed by atoms with Crippen LogP contribution in [0.3, 0.4) is 0 Å². The Morgan fingerprint density at radius 1 is 1.05 bits per heavy atom. The van der Waals surface area contributed by atoms with Gasteiger partial charge in [-0.05, 0) is 23.8 Å². The Balaban J connectivity index is 0.00000232. The summed E-state index contributed by atoms with van der Waals surface area (Å²) in [6.45, 7) is 8.74. The minimum atomic E-state index is -1.26. The molecular weight excluding hydrogens is 578 g/mol. The average molecular weight is 620 g/mol. The van der Waals surface area contributed by atoms with Gasteiger partial charge in [0.05, 0.1) is 11.8 Å². The highest BCUT2D eigenvalue weighted by molar-refractivity contribution is 6.14. The molecule has 1 aromatic carbocycles. The first kappa shape index (κ1) is 37.5. The zero-order valence-corrected chi connectivity index (χ0v) is 25.5. The molecule has 3 rings (SSSR count). The number of esters is 1. The van der Waals surface area contributed by atoms with Gasteiger partial charge in [0.25, 0.3) is 11.8 Å². The number of amides is 4. The zero-order valence-electron chi connectivity index (χ0n) is 25.5. The van der Waals surface area contributed by atoms with Crippen LogP contribution >= 0.6 is 0 Å². The van der Waals surface area contributed by atoms with Crippen molar-refractivity contribution < 1.29 is 53.2 Å². The van der Waals surface area contributed by atoms with Crippen LogP contribution in [0.25, 0.3) is 6.08 Å². The number of carbonyl (C=O) groups is 6. The number of nitrogens with zero attached hydrogens (tertiary/aromatic N) is 1. The highest BCUT2D eigenvalue weighted by Crippen LogP contribution is 2.31. The maximum atomic E-state index is 12.7. The average Bonchev–Trinajstić information content (AvgIpc) is 3.30. The molecule has 0 saturated carbocycles. The van der Waals surface area contributed by atoms with Crippen molar-refractivity contribution >= 4 is 47.3 Å². The molecule has 0 bridgehead atoms. The van der Waals surface area contributed by atoms with Crippen molar-refractivity contribution in [2.24, 2.45) is 0 Å². The van der Waals surface area contributed by atoms with E-state index in [4.69, 9.17) is 14.2 Å². The fourth-order valence-corrected chi connectivity index (χ4v) is 3.75. The minimum Gasteiger partial charge on any atom is -0.479 e. The largest absolute Gasteiger partial charge is 0.479 e. The first-order chi connectivity index (χ1) is 21.0. The predicted molar refractivity (Wildman–Crippen MR) is 159 cm³/mol. The third kappa shape index (κ3) is 12.8. The summed E-state index contributed by atoms with van der Waals surface area (Å²) in [5.74, 6) is -3.90. The van der Waals surface area contributed by atoms with Crippen molar-refractivity contribution in [2.75, 3.05) is 25.0 Å². The van der Waals surface area contributed by atoms with Crippen LogP contribution in [0.1, 0.15) is 59.4 Å². The van der Waals surface area contributed by atoms with Crippen molar-refractivity contribution in [3.05, 3.63) is 42.0 Å². The van der Waals surface area contributed by atoms with Gasteiger partial charge in [-0.3, -0.25) is 28.9 Å². The topological polar surface area (TPSA) is 198 Å². The standard InChI is InChI=1S/C26H29N3O11.2C2H6/c1-15(30)38-10-2-3-16-4-5-19(39-25-13-17(31)12-20(40-25)26(36)37)18(11-16)28-21(32)8-9-27-22(33)14-29-23(34)6-7-24(29)35;2*1-2/h2-7,11,17,20,25,31H,8-10,12-14H2,1H3,(H,27,33)(H,28,32)(H,36,37);2*1-2H3/b3-2+;;. The van der Waals surface area contributed by atoms with E-state index >= 15 is 0 Å². The molecule has 0 aromatic heterocycles. The Morgan fingerprint density at radius 3 is 2.32 bits per heavy atom. The molecule has 4 N–H and O–H groups in total. The number of carboxylic acids is 1. The number of ether oxygens (including phenoxy) is 3. The fourth-order valence-electron chi connectivity index (χ4n) is 3.75. The van der Waals surface area contributed by atoms with E-state index in [1.165, 1.54) is 13.0 Å². The first-order valence-electron chi connectivity index (χ1n) is 14.3. The second kappa shape index (κ2) is 19.6. The van der Waals surface area contributed by atoms with Crippen LogP contribution in [-0.4, -0.2) is 88.9 Å². The van der Waals surface area contributed by atoms with Gasteiger partial charge in [-0.1, -0.05) is 39.8 Å². The van der Waals surface area contributed by atoms with Crippen molar-refractivity contribution in [3.8, 4) is 5.75 Å². The number of aliphatic hydroxyl groups excluding tert-OH is 1. The molecule has 2 heterocycles. The summed E-state index contributed by atoms with van der Waals surface area (Å²) in [5, 5.41) is 24.4. The molecular formula is C30H41N3O11. The number of hydrogen-bond acceptors (Lipinski definition) is 10. The molecule has 0 radical (unpaired) electrons. The smallest absolute Gasteiger partial charge is 0.333 e.